The number of thiophene rings is 1. The first-order chi connectivity index (χ1) is 16.3. The zero-order valence-electron chi connectivity index (χ0n) is 19.8. The van der Waals surface area contributed by atoms with Crippen LogP contribution in [0.1, 0.15) is 49.2 Å². The molecule has 0 bridgehead atoms. The van der Waals surface area contributed by atoms with Crippen molar-refractivity contribution in [3.05, 3.63) is 80.2 Å². The van der Waals surface area contributed by atoms with Crippen molar-refractivity contribution in [1.29, 1.82) is 0 Å². The number of carbonyl (C=O) groups excluding carboxylic acids is 2. The molecule has 178 valence electrons. The molecular formula is C26H29N3O3S2. The second-order valence-electron chi connectivity index (χ2n) is 8.61. The fourth-order valence-corrected chi connectivity index (χ4v) is 5.65. The number of hydrogen-bond acceptors (Lipinski definition) is 7. The zero-order chi connectivity index (χ0) is 24.2. The van der Waals surface area contributed by atoms with E-state index in [-0.39, 0.29) is 24.4 Å². The van der Waals surface area contributed by atoms with Gasteiger partial charge in [0.1, 0.15) is 0 Å². The highest BCUT2D eigenvalue weighted by atomic mass is 32.2. The number of rotatable bonds is 8. The van der Waals surface area contributed by atoms with Gasteiger partial charge in [-0.3, -0.25) is 4.79 Å². The summed E-state index contributed by atoms with van der Waals surface area (Å²) in [5, 5.41) is 7.79. The zero-order valence-corrected chi connectivity index (χ0v) is 21.5. The van der Waals surface area contributed by atoms with Crippen molar-refractivity contribution in [2.45, 2.75) is 52.7 Å². The Morgan fingerprint density at radius 1 is 1.18 bits per heavy atom. The normalized spacial score (nSPS) is 17.4. The SMILES string of the molecule is CC1=C(C(=O)OC(C)C)C(c2ccc(C)cc2)N2C(CC(=O)NCCc3cccs3)=CSC2=N1. The molecule has 1 amide bonds. The van der Waals surface area contributed by atoms with Crippen molar-refractivity contribution in [3.63, 3.8) is 0 Å². The molecule has 0 spiro atoms. The van der Waals surface area contributed by atoms with Crippen molar-refractivity contribution in [3.8, 4) is 0 Å². The summed E-state index contributed by atoms with van der Waals surface area (Å²) in [4.78, 5) is 33.9. The topological polar surface area (TPSA) is 71.0 Å². The summed E-state index contributed by atoms with van der Waals surface area (Å²) in [6.07, 6.45) is 0.783. The number of allylic oxidation sites excluding steroid dienone is 1. The molecule has 2 aliphatic rings. The number of hydrogen-bond donors (Lipinski definition) is 1. The van der Waals surface area contributed by atoms with E-state index in [9.17, 15) is 9.59 Å². The molecule has 1 atom stereocenters. The van der Waals surface area contributed by atoms with Crippen LogP contribution in [0, 0.1) is 6.92 Å². The van der Waals surface area contributed by atoms with E-state index in [1.54, 1.807) is 11.3 Å². The summed E-state index contributed by atoms with van der Waals surface area (Å²) in [6, 6.07) is 11.8. The van der Waals surface area contributed by atoms with Crippen LogP contribution in [0.4, 0.5) is 0 Å². The molecule has 1 aromatic heterocycles. The number of fused-ring (bicyclic) bond motifs is 1. The number of aryl methyl sites for hydroxylation is 1. The number of esters is 1. The lowest BCUT2D eigenvalue weighted by molar-refractivity contribution is -0.143. The van der Waals surface area contributed by atoms with Crippen LogP contribution < -0.4 is 5.32 Å². The molecule has 0 fully saturated rings. The van der Waals surface area contributed by atoms with Gasteiger partial charge < -0.3 is 15.0 Å². The van der Waals surface area contributed by atoms with Crippen LogP contribution in [-0.2, 0) is 20.7 Å². The highest BCUT2D eigenvalue weighted by molar-refractivity contribution is 8.16. The molecule has 6 nitrogen and oxygen atoms in total. The Hall–Kier alpha value is -2.84. The number of thioether (sulfide) groups is 1. The van der Waals surface area contributed by atoms with Gasteiger partial charge in [-0.1, -0.05) is 47.7 Å². The fourth-order valence-electron chi connectivity index (χ4n) is 3.98. The third-order valence-corrected chi connectivity index (χ3v) is 7.40. The van der Waals surface area contributed by atoms with Gasteiger partial charge in [0.05, 0.1) is 29.8 Å². The largest absolute Gasteiger partial charge is 0.459 e. The molecule has 8 heteroatoms. The van der Waals surface area contributed by atoms with Gasteiger partial charge in [-0.15, -0.1) is 11.3 Å². The quantitative estimate of drug-likeness (QED) is 0.501. The number of ether oxygens (including phenoxy) is 1. The van der Waals surface area contributed by atoms with Crippen LogP contribution >= 0.6 is 23.1 Å². The lowest BCUT2D eigenvalue weighted by Gasteiger charge is -2.36. The van der Waals surface area contributed by atoms with Gasteiger partial charge in [0, 0.05) is 17.1 Å². The van der Waals surface area contributed by atoms with Gasteiger partial charge >= 0.3 is 5.97 Å². The molecule has 1 aromatic carbocycles. The van der Waals surface area contributed by atoms with Crippen molar-refractivity contribution in [2.75, 3.05) is 6.54 Å². The van der Waals surface area contributed by atoms with E-state index in [4.69, 9.17) is 9.73 Å². The van der Waals surface area contributed by atoms with Gasteiger partial charge in [-0.25, -0.2) is 9.79 Å². The maximum absolute atomic E-state index is 13.2. The molecule has 0 saturated carbocycles. The van der Waals surface area contributed by atoms with Crippen molar-refractivity contribution in [2.24, 2.45) is 4.99 Å². The second-order valence-corrected chi connectivity index (χ2v) is 10.5. The summed E-state index contributed by atoms with van der Waals surface area (Å²) in [6.45, 7) is 8.14. The maximum atomic E-state index is 13.2. The summed E-state index contributed by atoms with van der Waals surface area (Å²) in [5.41, 5.74) is 4.07. The van der Waals surface area contributed by atoms with E-state index in [1.165, 1.54) is 16.6 Å². The Morgan fingerprint density at radius 3 is 2.62 bits per heavy atom. The molecule has 2 aromatic rings. The molecule has 1 unspecified atom stereocenters. The Labute approximate surface area is 208 Å². The predicted octanol–water partition coefficient (Wildman–Crippen LogP) is 5.33. The summed E-state index contributed by atoms with van der Waals surface area (Å²) in [5.74, 6) is -0.428. The summed E-state index contributed by atoms with van der Waals surface area (Å²) < 4.78 is 5.59. The number of amides is 1. The maximum Gasteiger partial charge on any atom is 0.338 e. The molecule has 2 aliphatic heterocycles. The van der Waals surface area contributed by atoms with E-state index in [0.717, 1.165) is 28.4 Å². The van der Waals surface area contributed by atoms with Gasteiger partial charge in [0.2, 0.25) is 5.91 Å². The number of nitrogens with one attached hydrogen (secondary N) is 1. The molecule has 4 rings (SSSR count). The highest BCUT2D eigenvalue weighted by Crippen LogP contribution is 2.44. The first kappa shape index (κ1) is 24.3. The number of carbonyl (C=O) groups is 2. The first-order valence-corrected chi connectivity index (χ1v) is 13.1. The molecule has 1 N–H and O–H groups in total. The fraction of sp³-hybridized carbons (Fsp3) is 0.346. The predicted molar refractivity (Wildman–Crippen MR) is 138 cm³/mol. The molecule has 34 heavy (non-hydrogen) atoms. The number of nitrogens with zero attached hydrogens (tertiary/aromatic N) is 2. The first-order valence-electron chi connectivity index (χ1n) is 11.3. The lowest BCUT2D eigenvalue weighted by atomic mass is 9.93. The van der Waals surface area contributed by atoms with Crippen molar-refractivity contribution in [1.82, 2.24) is 10.2 Å². The minimum absolute atomic E-state index is 0.0510. The number of amidine groups is 1. The highest BCUT2D eigenvalue weighted by Gasteiger charge is 2.41. The van der Waals surface area contributed by atoms with Crippen LogP contribution in [0.3, 0.4) is 0 Å². The van der Waals surface area contributed by atoms with Gasteiger partial charge in [0.25, 0.3) is 0 Å². The summed E-state index contributed by atoms with van der Waals surface area (Å²) >= 11 is 3.17. The lowest BCUT2D eigenvalue weighted by Crippen LogP contribution is -2.38. The third kappa shape index (κ3) is 5.45. The second kappa shape index (κ2) is 10.6. The monoisotopic (exact) mass is 495 g/mol. The molecule has 3 heterocycles. The van der Waals surface area contributed by atoms with E-state index >= 15 is 0 Å². The van der Waals surface area contributed by atoms with Crippen LogP contribution in [0.25, 0.3) is 0 Å². The Bertz CT molecular complexity index is 1150. The average Bonchev–Trinajstić information content (AvgIpc) is 3.43. The number of aliphatic imine (C=N–C) groups is 1. The standard InChI is InChI=1S/C26H29N3O3S2/c1-16(2)32-25(31)23-18(4)28-26-29(24(23)19-9-7-17(3)8-10-19)20(15-34-26)14-22(30)27-12-11-21-6-5-13-33-21/h5-10,13,15-16,24H,11-12,14H2,1-4H3,(H,27,30). The van der Waals surface area contributed by atoms with Crippen LogP contribution in [-0.4, -0.2) is 34.6 Å². The third-order valence-electron chi connectivity index (χ3n) is 5.57. The van der Waals surface area contributed by atoms with Crippen LogP contribution in [0.15, 0.2) is 69.1 Å². The van der Waals surface area contributed by atoms with Crippen molar-refractivity contribution < 1.29 is 14.3 Å². The van der Waals surface area contributed by atoms with E-state index in [2.05, 4.69) is 11.4 Å². The van der Waals surface area contributed by atoms with Gasteiger partial charge in [-0.2, -0.15) is 0 Å². The number of benzene rings is 1. The van der Waals surface area contributed by atoms with E-state index in [1.807, 2.05) is 73.7 Å². The Morgan fingerprint density at radius 2 is 1.94 bits per heavy atom. The minimum atomic E-state index is -0.403. The Kier molecular flexibility index (Phi) is 7.58. The molecule has 0 aliphatic carbocycles. The summed E-state index contributed by atoms with van der Waals surface area (Å²) in [7, 11) is 0. The van der Waals surface area contributed by atoms with Crippen LogP contribution in [0.5, 0.6) is 0 Å². The van der Waals surface area contributed by atoms with Crippen molar-refractivity contribution >= 4 is 40.1 Å². The Balaban J connectivity index is 1.57. The van der Waals surface area contributed by atoms with E-state index < -0.39 is 6.04 Å². The molecular weight excluding hydrogens is 466 g/mol. The molecule has 0 radical (unpaired) electrons. The molecule has 0 saturated heterocycles. The van der Waals surface area contributed by atoms with Gasteiger partial charge in [-0.05, 0) is 56.5 Å². The van der Waals surface area contributed by atoms with Gasteiger partial charge in [0.15, 0.2) is 5.17 Å². The van der Waals surface area contributed by atoms with Crippen LogP contribution in [0.2, 0.25) is 0 Å². The van der Waals surface area contributed by atoms with E-state index in [0.29, 0.717) is 17.8 Å². The smallest absolute Gasteiger partial charge is 0.338 e. The minimum Gasteiger partial charge on any atom is -0.459 e. The average molecular weight is 496 g/mol.